The fraction of sp³-hybridized carbons (Fsp3) is 0.417. The summed E-state index contributed by atoms with van der Waals surface area (Å²) in [6, 6.07) is 1.05. The van der Waals surface area contributed by atoms with Gasteiger partial charge in [-0.15, -0.1) is 0 Å². The number of hydrogen-bond acceptors (Lipinski definition) is 3. The molecule has 0 bridgehead atoms. The van der Waals surface area contributed by atoms with Gasteiger partial charge in [-0.05, 0) is 35.8 Å². The van der Waals surface area contributed by atoms with Crippen LogP contribution in [0.5, 0.6) is 0 Å². The van der Waals surface area contributed by atoms with Gasteiger partial charge in [0.05, 0.1) is 11.1 Å². The van der Waals surface area contributed by atoms with Gasteiger partial charge in [-0.1, -0.05) is 0 Å². The predicted molar refractivity (Wildman–Crippen MR) is 80.0 cm³/mol. The maximum absolute atomic E-state index is 14.5. The standard InChI is InChI=1S/C12H11BBrF4NO3S/c1-3-22-10(20)12(17,18)11(2,19-23(13)21)6-4-7(14)9(16)5-8(6)15/h4-5,19H,3H2,1-2H3/t11-,23-/m1/s1. The van der Waals surface area contributed by atoms with Crippen LogP contribution in [0.3, 0.4) is 0 Å². The zero-order chi connectivity index (χ0) is 18.0. The third-order valence-electron chi connectivity index (χ3n) is 3.01. The van der Waals surface area contributed by atoms with Crippen LogP contribution in [0.2, 0.25) is 0 Å². The normalized spacial score (nSPS) is 15.8. The summed E-state index contributed by atoms with van der Waals surface area (Å²) in [5.74, 6) is -8.74. The van der Waals surface area contributed by atoms with E-state index in [9.17, 15) is 26.6 Å². The molecule has 0 heterocycles. The summed E-state index contributed by atoms with van der Waals surface area (Å²) in [5, 5.41) is 0. The van der Waals surface area contributed by atoms with Gasteiger partial charge in [0, 0.05) is 22.5 Å². The molecule has 0 aliphatic rings. The van der Waals surface area contributed by atoms with Crippen LogP contribution in [0.4, 0.5) is 17.6 Å². The van der Waals surface area contributed by atoms with Crippen LogP contribution in [0.15, 0.2) is 16.6 Å². The highest BCUT2D eigenvalue weighted by Crippen LogP contribution is 2.41. The molecule has 11 heteroatoms. The number of esters is 1. The second kappa shape index (κ2) is 7.31. The Kier molecular flexibility index (Phi) is 6.39. The summed E-state index contributed by atoms with van der Waals surface area (Å²) in [6.07, 6.45) is 0. The monoisotopic (exact) mass is 415 g/mol. The molecule has 1 aromatic rings. The highest BCUT2D eigenvalue weighted by molar-refractivity contribution is 9.10. The van der Waals surface area contributed by atoms with Crippen molar-refractivity contribution in [1.29, 1.82) is 0 Å². The van der Waals surface area contributed by atoms with Crippen molar-refractivity contribution in [3.63, 3.8) is 0 Å². The minimum Gasteiger partial charge on any atom is -0.461 e. The summed E-state index contributed by atoms with van der Waals surface area (Å²) in [6.45, 7) is 1.65. The highest BCUT2D eigenvalue weighted by Gasteiger charge is 2.60. The number of rotatable bonds is 6. The Hall–Kier alpha value is -0.935. The number of halogens is 5. The molecule has 1 aromatic carbocycles. The summed E-state index contributed by atoms with van der Waals surface area (Å²) >= 11 is 2.74. The Labute approximate surface area is 142 Å². The zero-order valence-electron chi connectivity index (χ0n) is 12.0. The SMILES string of the molecule is [B][S@@](=O)N[C@](C)(c1cc(Br)c(F)cc1F)C(F)(F)C(=O)OCC. The van der Waals surface area contributed by atoms with E-state index in [1.54, 1.807) is 4.72 Å². The number of benzene rings is 1. The van der Waals surface area contributed by atoms with Gasteiger partial charge in [0.2, 0.25) is 7.12 Å². The van der Waals surface area contributed by atoms with E-state index in [-0.39, 0.29) is 11.1 Å². The van der Waals surface area contributed by atoms with Crippen LogP contribution < -0.4 is 4.72 Å². The molecule has 0 amide bonds. The van der Waals surface area contributed by atoms with E-state index >= 15 is 0 Å². The molecule has 1 rings (SSSR count). The number of hydrogen-bond donors (Lipinski definition) is 1. The van der Waals surface area contributed by atoms with Gasteiger partial charge in [-0.25, -0.2) is 18.3 Å². The lowest BCUT2D eigenvalue weighted by molar-refractivity contribution is -0.183. The van der Waals surface area contributed by atoms with Crippen molar-refractivity contribution in [2.75, 3.05) is 6.61 Å². The van der Waals surface area contributed by atoms with Crippen molar-refractivity contribution in [3.8, 4) is 0 Å². The fourth-order valence-electron chi connectivity index (χ4n) is 1.82. The van der Waals surface area contributed by atoms with E-state index in [2.05, 4.69) is 20.7 Å². The molecule has 23 heavy (non-hydrogen) atoms. The van der Waals surface area contributed by atoms with Gasteiger partial charge in [0.15, 0.2) is 0 Å². The van der Waals surface area contributed by atoms with Crippen molar-refractivity contribution >= 4 is 39.9 Å². The fourth-order valence-corrected chi connectivity index (χ4v) is 2.80. The summed E-state index contributed by atoms with van der Waals surface area (Å²) in [5.41, 5.74) is -3.67. The first-order valence-corrected chi connectivity index (χ1v) is 8.12. The van der Waals surface area contributed by atoms with Gasteiger partial charge in [-0.3, -0.25) is 4.21 Å². The quantitative estimate of drug-likeness (QED) is 0.336. The van der Waals surface area contributed by atoms with Crippen molar-refractivity contribution < 1.29 is 31.3 Å². The molecular formula is C12H11BBrF4NO3S. The zero-order valence-corrected chi connectivity index (χ0v) is 14.4. The maximum atomic E-state index is 14.5. The molecule has 0 unspecified atom stereocenters. The second-order valence-electron chi connectivity index (χ2n) is 4.57. The van der Waals surface area contributed by atoms with Crippen LogP contribution in [0.1, 0.15) is 19.4 Å². The Bertz CT molecular complexity index is 649. The first kappa shape index (κ1) is 20.1. The minimum absolute atomic E-state index is 0.329. The van der Waals surface area contributed by atoms with Crippen molar-refractivity contribution in [1.82, 2.24) is 4.72 Å². The van der Waals surface area contributed by atoms with E-state index in [1.165, 1.54) is 6.92 Å². The molecule has 0 aliphatic heterocycles. The van der Waals surface area contributed by atoms with Crippen LogP contribution >= 0.6 is 15.9 Å². The lowest BCUT2D eigenvalue weighted by Crippen LogP contribution is -2.59. The minimum atomic E-state index is -4.35. The van der Waals surface area contributed by atoms with E-state index < -0.39 is 45.5 Å². The first-order valence-electron chi connectivity index (χ1n) is 6.11. The van der Waals surface area contributed by atoms with Crippen molar-refractivity contribution in [3.05, 3.63) is 33.8 Å². The molecule has 0 fully saturated rings. The van der Waals surface area contributed by atoms with Gasteiger partial charge in [0.25, 0.3) is 0 Å². The lowest BCUT2D eigenvalue weighted by atomic mass is 9.86. The summed E-state index contributed by atoms with van der Waals surface area (Å²) < 4.78 is 73.3. The molecule has 0 aromatic heterocycles. The number of alkyl halides is 2. The molecule has 126 valence electrons. The number of carbonyl (C=O) groups is 1. The van der Waals surface area contributed by atoms with Crippen LogP contribution in [-0.4, -0.2) is 29.8 Å². The molecule has 0 saturated carbocycles. The van der Waals surface area contributed by atoms with Crippen LogP contribution in [0.25, 0.3) is 0 Å². The van der Waals surface area contributed by atoms with Crippen LogP contribution in [-0.2, 0) is 25.9 Å². The molecule has 4 nitrogen and oxygen atoms in total. The lowest BCUT2D eigenvalue weighted by Gasteiger charge is -2.36. The predicted octanol–water partition coefficient (Wildman–Crippen LogP) is 2.48. The maximum Gasteiger partial charge on any atom is 0.379 e. The molecule has 0 spiro atoms. The average Bonchev–Trinajstić information content (AvgIpc) is 2.41. The highest BCUT2D eigenvalue weighted by atomic mass is 79.9. The van der Waals surface area contributed by atoms with Crippen LogP contribution in [0, 0.1) is 11.6 Å². The second-order valence-corrected chi connectivity index (χ2v) is 6.22. The third kappa shape index (κ3) is 3.94. The molecule has 0 saturated heterocycles. The molecule has 0 aliphatic carbocycles. The Morgan fingerprint density at radius 1 is 1.39 bits per heavy atom. The average molecular weight is 416 g/mol. The summed E-state index contributed by atoms with van der Waals surface area (Å²) in [4.78, 5) is 11.6. The number of carbonyl (C=O) groups excluding carboxylic acids is 1. The van der Waals surface area contributed by atoms with Crippen molar-refractivity contribution in [2.24, 2.45) is 0 Å². The molecule has 2 atom stereocenters. The number of ether oxygens (including phenoxy) is 1. The number of nitrogens with one attached hydrogen (secondary N) is 1. The Morgan fingerprint density at radius 2 is 1.96 bits per heavy atom. The van der Waals surface area contributed by atoms with Gasteiger partial charge >= 0.3 is 11.9 Å². The third-order valence-corrected chi connectivity index (χ3v) is 4.23. The van der Waals surface area contributed by atoms with Gasteiger partial charge < -0.3 is 4.74 Å². The molecule has 2 radical (unpaired) electrons. The Morgan fingerprint density at radius 3 is 2.43 bits per heavy atom. The van der Waals surface area contributed by atoms with E-state index in [1.807, 2.05) is 0 Å². The van der Waals surface area contributed by atoms with E-state index in [4.69, 9.17) is 7.12 Å². The van der Waals surface area contributed by atoms with E-state index in [0.717, 1.165) is 0 Å². The molecular weight excluding hydrogens is 405 g/mol. The van der Waals surface area contributed by atoms with E-state index in [0.29, 0.717) is 19.1 Å². The topological polar surface area (TPSA) is 55.4 Å². The largest absolute Gasteiger partial charge is 0.461 e. The molecule has 1 N–H and O–H groups in total. The smallest absolute Gasteiger partial charge is 0.379 e. The van der Waals surface area contributed by atoms with Gasteiger partial charge in [0.1, 0.15) is 17.2 Å². The Balaban J connectivity index is 3.58. The van der Waals surface area contributed by atoms with Gasteiger partial charge in [-0.2, -0.15) is 8.78 Å². The van der Waals surface area contributed by atoms with Crippen molar-refractivity contribution in [2.45, 2.75) is 25.3 Å². The first-order chi connectivity index (χ1) is 10.5. The summed E-state index contributed by atoms with van der Waals surface area (Å²) in [7, 11) is 2.44.